The van der Waals surface area contributed by atoms with Crippen LogP contribution < -0.4 is 11.3 Å². The molecule has 0 unspecified atom stereocenters. The molecule has 2 aromatic rings. The van der Waals surface area contributed by atoms with Gasteiger partial charge in [-0.05, 0) is 38.0 Å². The summed E-state index contributed by atoms with van der Waals surface area (Å²) in [6.45, 7) is 6.66. The Morgan fingerprint density at radius 2 is 2.00 bits per heavy atom. The first-order chi connectivity index (χ1) is 9.02. The van der Waals surface area contributed by atoms with E-state index in [9.17, 15) is 4.79 Å². The second-order valence-electron chi connectivity index (χ2n) is 4.83. The van der Waals surface area contributed by atoms with E-state index in [1.165, 1.54) is 4.68 Å². The SMILES string of the molecule is CCCn1nc(-c2cc(C)ccc2C)cc(N)c1=O. The van der Waals surface area contributed by atoms with Crippen LogP contribution in [-0.2, 0) is 6.54 Å². The predicted octanol–water partition coefficient (Wildman–Crippen LogP) is 2.52. The van der Waals surface area contributed by atoms with Crippen molar-refractivity contribution < 1.29 is 0 Å². The van der Waals surface area contributed by atoms with Crippen LogP contribution in [0.4, 0.5) is 5.69 Å². The summed E-state index contributed by atoms with van der Waals surface area (Å²) < 4.78 is 1.45. The number of aromatic nitrogens is 2. The van der Waals surface area contributed by atoms with Gasteiger partial charge in [0.15, 0.2) is 0 Å². The van der Waals surface area contributed by atoms with Crippen LogP contribution in [0.2, 0.25) is 0 Å². The van der Waals surface area contributed by atoms with Crippen molar-refractivity contribution in [2.75, 3.05) is 5.73 Å². The third-order valence-corrected chi connectivity index (χ3v) is 3.11. The topological polar surface area (TPSA) is 60.9 Å². The highest BCUT2D eigenvalue weighted by molar-refractivity contribution is 5.66. The average molecular weight is 257 g/mol. The molecule has 2 N–H and O–H groups in total. The molecule has 0 fully saturated rings. The zero-order valence-corrected chi connectivity index (χ0v) is 11.6. The lowest BCUT2D eigenvalue weighted by Gasteiger charge is -2.10. The van der Waals surface area contributed by atoms with Crippen molar-refractivity contribution in [3.05, 3.63) is 45.7 Å². The van der Waals surface area contributed by atoms with Gasteiger partial charge in [-0.25, -0.2) is 4.68 Å². The molecule has 4 nitrogen and oxygen atoms in total. The Morgan fingerprint density at radius 1 is 1.26 bits per heavy atom. The third kappa shape index (κ3) is 2.67. The average Bonchev–Trinajstić information content (AvgIpc) is 2.38. The standard InChI is InChI=1S/C15H19N3O/c1-4-7-18-15(19)13(16)9-14(17-18)12-8-10(2)5-6-11(12)3/h5-6,8-9H,4,7,16H2,1-3H3. The number of nitrogens with zero attached hydrogens (tertiary/aromatic N) is 2. The minimum absolute atomic E-state index is 0.212. The summed E-state index contributed by atoms with van der Waals surface area (Å²) >= 11 is 0. The summed E-state index contributed by atoms with van der Waals surface area (Å²) in [6, 6.07) is 7.84. The van der Waals surface area contributed by atoms with Crippen molar-refractivity contribution in [2.45, 2.75) is 33.7 Å². The Labute approximate surface area is 112 Å². The number of benzene rings is 1. The summed E-state index contributed by atoms with van der Waals surface area (Å²) in [6.07, 6.45) is 0.850. The fourth-order valence-electron chi connectivity index (χ4n) is 2.07. The van der Waals surface area contributed by atoms with Gasteiger partial charge in [-0.15, -0.1) is 0 Å². The van der Waals surface area contributed by atoms with Gasteiger partial charge in [-0.2, -0.15) is 5.10 Å². The van der Waals surface area contributed by atoms with Crippen LogP contribution in [0.5, 0.6) is 0 Å². The molecule has 1 aromatic heterocycles. The molecule has 0 saturated carbocycles. The van der Waals surface area contributed by atoms with Crippen LogP contribution >= 0.6 is 0 Å². The van der Waals surface area contributed by atoms with Gasteiger partial charge in [0.05, 0.1) is 5.69 Å². The van der Waals surface area contributed by atoms with Gasteiger partial charge in [-0.1, -0.05) is 24.6 Å². The molecule has 0 aliphatic rings. The molecule has 100 valence electrons. The lowest BCUT2D eigenvalue weighted by atomic mass is 10.0. The van der Waals surface area contributed by atoms with Crippen molar-refractivity contribution >= 4 is 5.69 Å². The van der Waals surface area contributed by atoms with Crippen LogP contribution in [0.25, 0.3) is 11.3 Å². The number of hydrogen-bond acceptors (Lipinski definition) is 3. The highest BCUT2D eigenvalue weighted by atomic mass is 16.1. The van der Waals surface area contributed by atoms with E-state index in [0.717, 1.165) is 28.8 Å². The molecule has 0 amide bonds. The fraction of sp³-hybridized carbons (Fsp3) is 0.333. The summed E-state index contributed by atoms with van der Waals surface area (Å²) in [5, 5.41) is 4.42. The highest BCUT2D eigenvalue weighted by Gasteiger charge is 2.09. The van der Waals surface area contributed by atoms with E-state index in [2.05, 4.69) is 23.3 Å². The first-order valence-corrected chi connectivity index (χ1v) is 6.48. The number of hydrogen-bond donors (Lipinski definition) is 1. The number of aryl methyl sites for hydroxylation is 3. The Hall–Kier alpha value is -2.10. The van der Waals surface area contributed by atoms with Crippen LogP contribution in [0.1, 0.15) is 24.5 Å². The zero-order valence-electron chi connectivity index (χ0n) is 11.6. The number of nitrogen functional groups attached to an aromatic ring is 1. The molecule has 0 saturated heterocycles. The number of anilines is 1. The van der Waals surface area contributed by atoms with Crippen molar-refractivity contribution in [2.24, 2.45) is 0 Å². The van der Waals surface area contributed by atoms with Gasteiger partial charge in [-0.3, -0.25) is 4.79 Å². The van der Waals surface area contributed by atoms with Crippen LogP contribution in [0, 0.1) is 13.8 Å². The summed E-state index contributed by atoms with van der Waals surface area (Å²) in [5.74, 6) is 0. The van der Waals surface area contributed by atoms with E-state index in [-0.39, 0.29) is 11.2 Å². The predicted molar refractivity (Wildman–Crippen MR) is 78.1 cm³/mol. The molecule has 0 aliphatic carbocycles. The zero-order chi connectivity index (χ0) is 14.0. The van der Waals surface area contributed by atoms with Crippen molar-refractivity contribution in [1.29, 1.82) is 0 Å². The van der Waals surface area contributed by atoms with Crippen LogP contribution in [-0.4, -0.2) is 9.78 Å². The normalized spacial score (nSPS) is 10.7. The molecule has 0 aliphatic heterocycles. The molecule has 0 atom stereocenters. The second kappa shape index (κ2) is 5.26. The minimum Gasteiger partial charge on any atom is -0.394 e. The monoisotopic (exact) mass is 257 g/mol. The molecular weight excluding hydrogens is 238 g/mol. The van der Waals surface area contributed by atoms with Gasteiger partial charge < -0.3 is 5.73 Å². The first-order valence-electron chi connectivity index (χ1n) is 6.48. The van der Waals surface area contributed by atoms with E-state index >= 15 is 0 Å². The molecule has 1 aromatic carbocycles. The molecule has 2 rings (SSSR count). The van der Waals surface area contributed by atoms with E-state index in [1.54, 1.807) is 6.07 Å². The quantitative estimate of drug-likeness (QED) is 0.919. The maximum absolute atomic E-state index is 11.9. The smallest absolute Gasteiger partial charge is 0.289 e. The van der Waals surface area contributed by atoms with Crippen LogP contribution in [0.15, 0.2) is 29.1 Å². The van der Waals surface area contributed by atoms with Crippen molar-refractivity contribution in [3.8, 4) is 11.3 Å². The van der Waals surface area contributed by atoms with E-state index in [4.69, 9.17) is 5.73 Å². The van der Waals surface area contributed by atoms with E-state index < -0.39 is 0 Å². The molecule has 0 bridgehead atoms. The Kier molecular flexibility index (Phi) is 3.69. The van der Waals surface area contributed by atoms with Gasteiger partial charge in [0.2, 0.25) is 0 Å². The van der Waals surface area contributed by atoms with Crippen molar-refractivity contribution in [3.63, 3.8) is 0 Å². The number of rotatable bonds is 3. The van der Waals surface area contributed by atoms with Gasteiger partial charge >= 0.3 is 0 Å². The Bertz CT molecular complexity index is 659. The highest BCUT2D eigenvalue weighted by Crippen LogP contribution is 2.22. The lowest BCUT2D eigenvalue weighted by molar-refractivity contribution is 0.572. The summed E-state index contributed by atoms with van der Waals surface area (Å²) in [4.78, 5) is 11.9. The minimum atomic E-state index is -0.212. The Balaban J connectivity index is 2.62. The largest absolute Gasteiger partial charge is 0.394 e. The lowest BCUT2D eigenvalue weighted by Crippen LogP contribution is -2.25. The second-order valence-corrected chi connectivity index (χ2v) is 4.83. The Morgan fingerprint density at radius 3 is 2.68 bits per heavy atom. The first kappa shape index (κ1) is 13.3. The molecule has 0 spiro atoms. The maximum Gasteiger partial charge on any atom is 0.289 e. The van der Waals surface area contributed by atoms with E-state index in [0.29, 0.717) is 6.54 Å². The van der Waals surface area contributed by atoms with Crippen molar-refractivity contribution in [1.82, 2.24) is 9.78 Å². The molecular formula is C15H19N3O. The fourth-order valence-corrected chi connectivity index (χ4v) is 2.07. The van der Waals surface area contributed by atoms with E-state index in [1.807, 2.05) is 20.8 Å². The summed E-state index contributed by atoms with van der Waals surface area (Å²) in [5.41, 5.74) is 9.91. The maximum atomic E-state index is 11.9. The molecule has 19 heavy (non-hydrogen) atoms. The molecule has 4 heteroatoms. The van der Waals surface area contributed by atoms with Gasteiger partial charge in [0.25, 0.3) is 5.56 Å². The van der Waals surface area contributed by atoms with Crippen LogP contribution in [0.3, 0.4) is 0 Å². The molecule has 1 heterocycles. The molecule has 0 radical (unpaired) electrons. The van der Waals surface area contributed by atoms with Gasteiger partial charge in [0, 0.05) is 12.1 Å². The summed E-state index contributed by atoms with van der Waals surface area (Å²) in [7, 11) is 0. The van der Waals surface area contributed by atoms with Gasteiger partial charge in [0.1, 0.15) is 5.69 Å². The third-order valence-electron chi connectivity index (χ3n) is 3.11. The number of nitrogens with two attached hydrogens (primary N) is 1.